The monoisotopic (exact) mass is 333 g/mol. The SMILES string of the molecule is CCC(NC(=O)c1csc(SC)n1)c1cn2cccnc2n1. The maximum absolute atomic E-state index is 12.3. The van der Waals surface area contributed by atoms with Crippen LogP contribution in [-0.2, 0) is 0 Å². The molecule has 3 aromatic rings. The van der Waals surface area contributed by atoms with Gasteiger partial charge in [-0.05, 0) is 18.7 Å². The Kier molecular flexibility index (Phi) is 4.39. The zero-order valence-corrected chi connectivity index (χ0v) is 13.8. The number of fused-ring (bicyclic) bond motifs is 1. The second kappa shape index (κ2) is 6.45. The summed E-state index contributed by atoms with van der Waals surface area (Å²) in [6, 6.07) is 1.69. The Labute approximate surface area is 136 Å². The lowest BCUT2D eigenvalue weighted by atomic mass is 10.1. The first-order chi connectivity index (χ1) is 10.7. The van der Waals surface area contributed by atoms with Crippen molar-refractivity contribution < 1.29 is 4.79 Å². The van der Waals surface area contributed by atoms with Crippen LogP contribution in [0.15, 0.2) is 34.4 Å². The van der Waals surface area contributed by atoms with E-state index in [4.69, 9.17) is 0 Å². The number of thioether (sulfide) groups is 1. The first-order valence-corrected chi connectivity index (χ1v) is 8.91. The fourth-order valence-electron chi connectivity index (χ4n) is 2.09. The van der Waals surface area contributed by atoms with Crippen LogP contribution in [0, 0.1) is 0 Å². The summed E-state index contributed by atoms with van der Waals surface area (Å²) in [5.74, 6) is 0.456. The second-order valence-corrected chi connectivity index (χ2v) is 6.54. The summed E-state index contributed by atoms with van der Waals surface area (Å²) in [5, 5.41) is 4.77. The molecule has 0 fully saturated rings. The number of hydrogen-bond acceptors (Lipinski definition) is 6. The van der Waals surface area contributed by atoms with Crippen molar-refractivity contribution >= 4 is 34.8 Å². The molecule has 1 atom stereocenters. The maximum atomic E-state index is 12.3. The van der Waals surface area contributed by atoms with Crippen LogP contribution in [-0.4, -0.2) is 31.5 Å². The molecule has 0 saturated heterocycles. The number of hydrogen-bond donors (Lipinski definition) is 1. The number of carbonyl (C=O) groups excluding carboxylic acids is 1. The largest absolute Gasteiger partial charge is 0.342 e. The summed E-state index contributed by atoms with van der Waals surface area (Å²) >= 11 is 3.01. The average molecular weight is 333 g/mol. The molecular formula is C14H15N5OS2. The first-order valence-electron chi connectivity index (χ1n) is 6.81. The molecule has 22 heavy (non-hydrogen) atoms. The van der Waals surface area contributed by atoms with Crippen molar-refractivity contribution in [2.24, 2.45) is 0 Å². The molecule has 3 rings (SSSR count). The minimum Gasteiger partial charge on any atom is -0.342 e. The van der Waals surface area contributed by atoms with E-state index in [0.717, 1.165) is 16.5 Å². The number of aromatic nitrogens is 4. The van der Waals surface area contributed by atoms with Gasteiger partial charge in [-0.15, -0.1) is 11.3 Å². The molecule has 1 N–H and O–H groups in total. The van der Waals surface area contributed by atoms with E-state index in [1.165, 1.54) is 23.1 Å². The molecule has 1 unspecified atom stereocenters. The Hall–Kier alpha value is -1.93. The third-order valence-electron chi connectivity index (χ3n) is 3.22. The molecule has 0 aromatic carbocycles. The Bertz CT molecular complexity index is 764. The molecular weight excluding hydrogens is 318 g/mol. The number of amides is 1. The lowest BCUT2D eigenvalue weighted by Crippen LogP contribution is -2.28. The highest BCUT2D eigenvalue weighted by Crippen LogP contribution is 2.21. The highest BCUT2D eigenvalue weighted by atomic mass is 32.2. The van der Waals surface area contributed by atoms with Crippen LogP contribution < -0.4 is 5.32 Å². The molecule has 0 aliphatic rings. The Morgan fingerprint density at radius 3 is 3.05 bits per heavy atom. The van der Waals surface area contributed by atoms with Crippen molar-refractivity contribution in [2.45, 2.75) is 23.7 Å². The topological polar surface area (TPSA) is 72.2 Å². The third kappa shape index (κ3) is 2.97. The van der Waals surface area contributed by atoms with Gasteiger partial charge in [-0.3, -0.25) is 9.20 Å². The molecule has 3 aromatic heterocycles. The van der Waals surface area contributed by atoms with Gasteiger partial charge < -0.3 is 5.32 Å². The van der Waals surface area contributed by atoms with Gasteiger partial charge >= 0.3 is 0 Å². The van der Waals surface area contributed by atoms with Crippen LogP contribution in [0.3, 0.4) is 0 Å². The van der Waals surface area contributed by atoms with Gasteiger partial charge in [0.1, 0.15) is 10.0 Å². The molecule has 0 bridgehead atoms. The van der Waals surface area contributed by atoms with E-state index in [2.05, 4.69) is 20.3 Å². The van der Waals surface area contributed by atoms with Crippen LogP contribution in [0.2, 0.25) is 0 Å². The summed E-state index contributed by atoms with van der Waals surface area (Å²) in [6.45, 7) is 2.01. The highest BCUT2D eigenvalue weighted by Gasteiger charge is 2.19. The predicted molar refractivity (Wildman–Crippen MR) is 87.4 cm³/mol. The molecule has 3 heterocycles. The predicted octanol–water partition coefficient (Wildman–Crippen LogP) is 2.79. The van der Waals surface area contributed by atoms with Crippen LogP contribution in [0.5, 0.6) is 0 Å². The lowest BCUT2D eigenvalue weighted by molar-refractivity contribution is 0.0930. The number of thiazole rings is 1. The average Bonchev–Trinajstić information content (AvgIpc) is 3.18. The number of carbonyl (C=O) groups is 1. The van der Waals surface area contributed by atoms with Crippen molar-refractivity contribution in [3.8, 4) is 0 Å². The van der Waals surface area contributed by atoms with E-state index in [9.17, 15) is 4.79 Å². The van der Waals surface area contributed by atoms with Crippen LogP contribution in [0.1, 0.15) is 35.6 Å². The molecule has 0 aliphatic heterocycles. The third-order valence-corrected chi connectivity index (χ3v) is 5.08. The minimum absolute atomic E-state index is 0.159. The molecule has 0 aliphatic carbocycles. The molecule has 1 amide bonds. The number of nitrogens with one attached hydrogen (secondary N) is 1. The number of nitrogens with zero attached hydrogens (tertiary/aromatic N) is 4. The molecule has 6 nitrogen and oxygen atoms in total. The van der Waals surface area contributed by atoms with E-state index < -0.39 is 0 Å². The lowest BCUT2D eigenvalue weighted by Gasteiger charge is -2.13. The van der Waals surface area contributed by atoms with E-state index >= 15 is 0 Å². The summed E-state index contributed by atoms with van der Waals surface area (Å²) < 4.78 is 2.73. The standard InChI is InChI=1S/C14H15N5OS2/c1-3-9(10-7-19-6-4-5-15-13(19)17-10)16-12(20)11-8-22-14(18-11)21-2/h4-9H,3H2,1-2H3,(H,16,20). The maximum Gasteiger partial charge on any atom is 0.271 e. The minimum atomic E-state index is -0.173. The van der Waals surface area contributed by atoms with Crippen molar-refractivity contribution in [2.75, 3.05) is 6.26 Å². The van der Waals surface area contributed by atoms with Crippen LogP contribution >= 0.6 is 23.1 Å². The summed E-state index contributed by atoms with van der Waals surface area (Å²) in [7, 11) is 0. The number of imidazole rings is 1. The van der Waals surface area contributed by atoms with Gasteiger partial charge in [-0.2, -0.15) is 0 Å². The molecule has 0 radical (unpaired) electrons. The van der Waals surface area contributed by atoms with Crippen molar-refractivity contribution in [1.82, 2.24) is 24.7 Å². The van der Waals surface area contributed by atoms with Crippen molar-refractivity contribution in [3.05, 3.63) is 41.4 Å². The van der Waals surface area contributed by atoms with E-state index in [1.807, 2.05) is 36.0 Å². The van der Waals surface area contributed by atoms with Gasteiger partial charge in [0.25, 0.3) is 5.91 Å². The first kappa shape index (κ1) is 15.0. The molecule has 0 spiro atoms. The Morgan fingerprint density at radius 2 is 2.36 bits per heavy atom. The highest BCUT2D eigenvalue weighted by molar-refractivity contribution is 8.00. The fraction of sp³-hybridized carbons (Fsp3) is 0.286. The van der Waals surface area contributed by atoms with Crippen molar-refractivity contribution in [3.63, 3.8) is 0 Å². The smallest absolute Gasteiger partial charge is 0.271 e. The molecule has 114 valence electrons. The quantitative estimate of drug-likeness (QED) is 0.727. The van der Waals surface area contributed by atoms with Gasteiger partial charge in [0, 0.05) is 24.0 Å². The number of rotatable bonds is 5. The molecule has 0 saturated carbocycles. The van der Waals surface area contributed by atoms with Gasteiger partial charge in [-0.1, -0.05) is 18.7 Å². The van der Waals surface area contributed by atoms with Crippen molar-refractivity contribution in [1.29, 1.82) is 0 Å². The van der Waals surface area contributed by atoms with Crippen LogP contribution in [0.25, 0.3) is 5.78 Å². The van der Waals surface area contributed by atoms with E-state index in [-0.39, 0.29) is 11.9 Å². The van der Waals surface area contributed by atoms with Gasteiger partial charge in [-0.25, -0.2) is 15.0 Å². The Balaban J connectivity index is 1.80. The van der Waals surface area contributed by atoms with Gasteiger partial charge in [0.2, 0.25) is 5.78 Å². The van der Waals surface area contributed by atoms with Gasteiger partial charge in [0.05, 0.1) is 11.7 Å². The molecule has 8 heteroatoms. The summed E-state index contributed by atoms with van der Waals surface area (Å²) in [6.07, 6.45) is 8.17. The summed E-state index contributed by atoms with van der Waals surface area (Å²) in [4.78, 5) is 25.3. The second-order valence-electron chi connectivity index (χ2n) is 4.63. The normalized spacial score (nSPS) is 12.5. The van der Waals surface area contributed by atoms with E-state index in [0.29, 0.717) is 11.5 Å². The Morgan fingerprint density at radius 1 is 1.50 bits per heavy atom. The van der Waals surface area contributed by atoms with Crippen LogP contribution in [0.4, 0.5) is 0 Å². The zero-order valence-electron chi connectivity index (χ0n) is 12.2. The zero-order chi connectivity index (χ0) is 15.5. The van der Waals surface area contributed by atoms with Gasteiger partial charge in [0.15, 0.2) is 0 Å². The fourth-order valence-corrected chi connectivity index (χ4v) is 3.33. The van der Waals surface area contributed by atoms with E-state index in [1.54, 1.807) is 11.6 Å². The summed E-state index contributed by atoms with van der Waals surface area (Å²) in [5.41, 5.74) is 1.25.